The molecule has 0 radical (unpaired) electrons. The van der Waals surface area contributed by atoms with E-state index < -0.39 is 0 Å². The van der Waals surface area contributed by atoms with Gasteiger partial charge in [-0.1, -0.05) is 59.9 Å². The van der Waals surface area contributed by atoms with Gasteiger partial charge in [0, 0.05) is 12.1 Å². The second-order valence-electron chi connectivity index (χ2n) is 4.38. The van der Waals surface area contributed by atoms with E-state index in [4.69, 9.17) is 0 Å². The van der Waals surface area contributed by atoms with Gasteiger partial charge in [0.25, 0.3) is 0 Å². The summed E-state index contributed by atoms with van der Waals surface area (Å²) in [6.45, 7) is 5.00. The highest BCUT2D eigenvalue weighted by Crippen LogP contribution is 2.26. The van der Waals surface area contributed by atoms with Crippen LogP contribution in [0.2, 0.25) is 0 Å². The number of benzene rings is 1. The smallest absolute Gasteiger partial charge is 0.206 e. The predicted octanol–water partition coefficient (Wildman–Crippen LogP) is 3.64. The number of aryl methyl sites for hydroxylation is 1. The number of nitrogens with zero attached hydrogens (tertiary/aromatic N) is 2. The minimum atomic E-state index is 0.119. The van der Waals surface area contributed by atoms with E-state index >= 15 is 0 Å². The number of anilines is 1. The Balaban J connectivity index is 1.86. The lowest BCUT2D eigenvalue weighted by Gasteiger charge is -1.99. The number of hydrogen-bond acceptors (Lipinski definition) is 6. The van der Waals surface area contributed by atoms with E-state index in [2.05, 4.69) is 22.4 Å². The second-order valence-corrected chi connectivity index (χ2v) is 6.58. The van der Waals surface area contributed by atoms with Crippen LogP contribution in [0.3, 0.4) is 0 Å². The quantitative estimate of drug-likeness (QED) is 0.625. The first-order valence-corrected chi connectivity index (χ1v) is 8.29. The van der Waals surface area contributed by atoms with Crippen molar-refractivity contribution in [1.82, 2.24) is 10.2 Å². The first-order chi connectivity index (χ1) is 9.69. The zero-order valence-corrected chi connectivity index (χ0v) is 13.2. The van der Waals surface area contributed by atoms with Gasteiger partial charge in [-0.3, -0.25) is 4.79 Å². The molecule has 0 spiro atoms. The molecule has 0 fully saturated rings. The first-order valence-electron chi connectivity index (χ1n) is 6.49. The van der Waals surface area contributed by atoms with Crippen LogP contribution in [0.1, 0.15) is 29.3 Å². The molecule has 0 atom stereocenters. The average Bonchev–Trinajstić information content (AvgIpc) is 2.91. The summed E-state index contributed by atoms with van der Waals surface area (Å²) in [4.78, 5) is 12.0. The molecule has 2 aromatic rings. The Bertz CT molecular complexity index is 566. The Morgan fingerprint density at radius 1 is 1.30 bits per heavy atom. The maximum atomic E-state index is 12.0. The van der Waals surface area contributed by atoms with Crippen molar-refractivity contribution in [1.29, 1.82) is 0 Å². The summed E-state index contributed by atoms with van der Waals surface area (Å²) in [5, 5.41) is 12.1. The normalized spacial score (nSPS) is 10.5. The van der Waals surface area contributed by atoms with Gasteiger partial charge in [0.05, 0.1) is 5.75 Å². The Morgan fingerprint density at radius 2 is 2.05 bits per heavy atom. The van der Waals surface area contributed by atoms with Crippen LogP contribution in [-0.2, 0) is 0 Å². The van der Waals surface area contributed by atoms with Crippen LogP contribution in [0.15, 0.2) is 28.6 Å². The monoisotopic (exact) mass is 307 g/mol. The maximum absolute atomic E-state index is 12.0. The van der Waals surface area contributed by atoms with Crippen LogP contribution in [0, 0.1) is 6.92 Å². The topological polar surface area (TPSA) is 54.9 Å². The van der Waals surface area contributed by atoms with E-state index in [1.807, 2.05) is 31.2 Å². The molecule has 1 aromatic heterocycles. The molecule has 0 saturated carbocycles. The Morgan fingerprint density at radius 3 is 2.75 bits per heavy atom. The highest BCUT2D eigenvalue weighted by molar-refractivity contribution is 8.01. The first kappa shape index (κ1) is 15.0. The molecule has 2 rings (SSSR count). The number of Topliss-reactive ketones (excluding diaryl/α,β-unsaturated/α-hetero) is 1. The maximum Gasteiger partial charge on any atom is 0.206 e. The highest BCUT2D eigenvalue weighted by Gasteiger charge is 2.09. The van der Waals surface area contributed by atoms with Crippen LogP contribution in [0.5, 0.6) is 0 Å². The zero-order valence-electron chi connectivity index (χ0n) is 11.5. The summed E-state index contributed by atoms with van der Waals surface area (Å²) in [6, 6.07) is 7.64. The number of carbonyl (C=O) groups is 1. The molecular weight excluding hydrogens is 290 g/mol. The molecule has 0 amide bonds. The molecule has 1 heterocycles. The molecule has 0 saturated heterocycles. The van der Waals surface area contributed by atoms with Gasteiger partial charge in [-0.15, -0.1) is 10.2 Å². The number of nitrogens with one attached hydrogen (secondary N) is 1. The van der Waals surface area contributed by atoms with Gasteiger partial charge in [0.1, 0.15) is 0 Å². The molecule has 1 aromatic carbocycles. The molecule has 0 unspecified atom stereocenters. The highest BCUT2D eigenvalue weighted by atomic mass is 32.2. The Labute approximate surface area is 127 Å². The van der Waals surface area contributed by atoms with Gasteiger partial charge < -0.3 is 5.32 Å². The summed E-state index contributed by atoms with van der Waals surface area (Å²) >= 11 is 2.93. The lowest BCUT2D eigenvalue weighted by molar-refractivity contribution is 0.102. The molecule has 0 aliphatic heterocycles. The number of ketones is 1. The molecular formula is C14H17N3OS2. The van der Waals surface area contributed by atoms with Crippen molar-refractivity contribution in [3.8, 4) is 0 Å². The molecule has 0 bridgehead atoms. The van der Waals surface area contributed by atoms with Crippen LogP contribution in [0.25, 0.3) is 0 Å². The van der Waals surface area contributed by atoms with Crippen molar-refractivity contribution in [3.63, 3.8) is 0 Å². The van der Waals surface area contributed by atoms with Gasteiger partial charge in [0.15, 0.2) is 10.1 Å². The minimum absolute atomic E-state index is 0.119. The van der Waals surface area contributed by atoms with E-state index in [0.717, 1.165) is 33.6 Å². The summed E-state index contributed by atoms with van der Waals surface area (Å²) < 4.78 is 0.823. The standard InChI is InChI=1S/C14H17N3OS2/c1-3-8-15-13-16-17-14(20-13)19-9-12(18)11-6-4-10(2)5-7-11/h4-7H,3,8-9H2,1-2H3,(H,15,16). The predicted molar refractivity (Wildman–Crippen MR) is 84.9 cm³/mol. The van der Waals surface area contributed by atoms with Crippen LogP contribution in [-0.4, -0.2) is 28.3 Å². The molecule has 106 valence electrons. The van der Waals surface area contributed by atoms with Gasteiger partial charge in [0.2, 0.25) is 5.13 Å². The molecule has 0 aliphatic rings. The lowest BCUT2D eigenvalue weighted by atomic mass is 10.1. The average molecular weight is 307 g/mol. The van der Waals surface area contributed by atoms with Crippen molar-refractivity contribution in [3.05, 3.63) is 35.4 Å². The van der Waals surface area contributed by atoms with Gasteiger partial charge >= 0.3 is 0 Å². The van der Waals surface area contributed by atoms with E-state index in [1.54, 1.807) is 0 Å². The SMILES string of the molecule is CCCNc1nnc(SCC(=O)c2ccc(C)cc2)s1. The van der Waals surface area contributed by atoms with Crippen molar-refractivity contribution < 1.29 is 4.79 Å². The molecule has 6 heteroatoms. The van der Waals surface area contributed by atoms with Crippen molar-refractivity contribution in [2.75, 3.05) is 17.6 Å². The minimum Gasteiger partial charge on any atom is -0.360 e. The fourth-order valence-corrected chi connectivity index (χ4v) is 3.19. The zero-order chi connectivity index (χ0) is 14.4. The van der Waals surface area contributed by atoms with E-state index in [1.165, 1.54) is 23.1 Å². The number of rotatable bonds is 7. The Kier molecular flexibility index (Phi) is 5.55. The van der Waals surface area contributed by atoms with Crippen LogP contribution in [0.4, 0.5) is 5.13 Å². The Hall–Kier alpha value is -1.40. The number of carbonyl (C=O) groups excluding carboxylic acids is 1. The lowest BCUT2D eigenvalue weighted by Crippen LogP contribution is -2.01. The van der Waals surface area contributed by atoms with Crippen LogP contribution >= 0.6 is 23.1 Å². The van der Waals surface area contributed by atoms with Crippen LogP contribution < -0.4 is 5.32 Å². The molecule has 4 nitrogen and oxygen atoms in total. The molecule has 0 aliphatic carbocycles. The number of thioether (sulfide) groups is 1. The van der Waals surface area contributed by atoms with E-state index in [9.17, 15) is 4.79 Å². The molecule has 1 N–H and O–H groups in total. The summed E-state index contributed by atoms with van der Waals surface area (Å²) in [5.41, 5.74) is 1.90. The van der Waals surface area contributed by atoms with Gasteiger partial charge in [-0.2, -0.15) is 0 Å². The van der Waals surface area contributed by atoms with Crippen molar-refractivity contribution >= 4 is 34.0 Å². The summed E-state index contributed by atoms with van der Waals surface area (Å²) in [5.74, 6) is 0.513. The number of hydrogen-bond donors (Lipinski definition) is 1. The fraction of sp³-hybridized carbons (Fsp3) is 0.357. The van der Waals surface area contributed by atoms with Crippen molar-refractivity contribution in [2.45, 2.75) is 24.6 Å². The van der Waals surface area contributed by atoms with Crippen molar-refractivity contribution in [2.24, 2.45) is 0 Å². The third-order valence-electron chi connectivity index (χ3n) is 2.63. The van der Waals surface area contributed by atoms with E-state index in [-0.39, 0.29) is 5.78 Å². The van der Waals surface area contributed by atoms with Gasteiger partial charge in [-0.05, 0) is 13.3 Å². The summed E-state index contributed by atoms with van der Waals surface area (Å²) in [7, 11) is 0. The van der Waals surface area contributed by atoms with Gasteiger partial charge in [-0.25, -0.2) is 0 Å². The summed E-state index contributed by atoms with van der Waals surface area (Å²) in [6.07, 6.45) is 1.05. The third-order valence-corrected chi connectivity index (χ3v) is 4.65. The molecule has 20 heavy (non-hydrogen) atoms. The van der Waals surface area contributed by atoms with E-state index in [0.29, 0.717) is 5.75 Å². The largest absolute Gasteiger partial charge is 0.360 e. The second kappa shape index (κ2) is 7.40. The third kappa shape index (κ3) is 4.31. The fourth-order valence-electron chi connectivity index (χ4n) is 1.52. The number of aromatic nitrogens is 2.